The number of piperidine rings is 1. The van der Waals surface area contributed by atoms with Crippen molar-refractivity contribution in [2.45, 2.75) is 32.7 Å². The standard InChI is InChI=1S/C13H17FN2O/c1-9-4-3-7-16(10(9)2)13(17)11-5-6-12(14)15-8-11/h5-6,8-10H,3-4,7H2,1-2H3. The van der Waals surface area contributed by atoms with Crippen molar-refractivity contribution in [1.82, 2.24) is 9.88 Å². The summed E-state index contributed by atoms with van der Waals surface area (Å²) in [6.07, 6.45) is 3.50. The Kier molecular flexibility index (Phi) is 3.41. The first-order chi connectivity index (χ1) is 8.09. The van der Waals surface area contributed by atoms with E-state index in [4.69, 9.17) is 0 Å². The van der Waals surface area contributed by atoms with Crippen LogP contribution in [-0.4, -0.2) is 28.4 Å². The molecular weight excluding hydrogens is 219 g/mol. The summed E-state index contributed by atoms with van der Waals surface area (Å²) in [5, 5.41) is 0. The molecule has 1 amide bonds. The zero-order valence-corrected chi connectivity index (χ0v) is 10.2. The number of hydrogen-bond donors (Lipinski definition) is 0. The molecule has 1 aromatic heterocycles. The van der Waals surface area contributed by atoms with Crippen LogP contribution < -0.4 is 0 Å². The van der Waals surface area contributed by atoms with Crippen LogP contribution in [0.2, 0.25) is 0 Å². The van der Waals surface area contributed by atoms with Gasteiger partial charge in [-0.2, -0.15) is 4.39 Å². The van der Waals surface area contributed by atoms with Gasteiger partial charge in [0.05, 0.1) is 5.56 Å². The molecule has 2 rings (SSSR count). The van der Waals surface area contributed by atoms with Crippen LogP contribution in [-0.2, 0) is 0 Å². The van der Waals surface area contributed by atoms with Crippen LogP contribution in [0.3, 0.4) is 0 Å². The molecule has 2 atom stereocenters. The Morgan fingerprint density at radius 1 is 1.47 bits per heavy atom. The molecule has 1 aromatic rings. The zero-order valence-electron chi connectivity index (χ0n) is 10.2. The molecule has 0 radical (unpaired) electrons. The second-order valence-electron chi connectivity index (χ2n) is 4.73. The molecule has 1 aliphatic rings. The first-order valence-electron chi connectivity index (χ1n) is 6.02. The number of aromatic nitrogens is 1. The first-order valence-corrected chi connectivity index (χ1v) is 6.02. The van der Waals surface area contributed by atoms with Gasteiger partial charge in [-0.3, -0.25) is 4.79 Å². The summed E-state index contributed by atoms with van der Waals surface area (Å²) in [5.41, 5.74) is 0.465. The van der Waals surface area contributed by atoms with Crippen LogP contribution >= 0.6 is 0 Å². The maximum Gasteiger partial charge on any atom is 0.255 e. The van der Waals surface area contributed by atoms with Crippen molar-refractivity contribution in [2.75, 3.05) is 6.54 Å². The number of halogens is 1. The van der Waals surface area contributed by atoms with Crippen LogP contribution in [0.15, 0.2) is 18.3 Å². The molecular formula is C13H17FN2O. The molecule has 2 unspecified atom stereocenters. The van der Waals surface area contributed by atoms with Crippen molar-refractivity contribution in [3.8, 4) is 0 Å². The number of hydrogen-bond acceptors (Lipinski definition) is 2. The lowest BCUT2D eigenvalue weighted by Gasteiger charge is -2.37. The lowest BCUT2D eigenvalue weighted by atomic mass is 9.91. The molecule has 92 valence electrons. The van der Waals surface area contributed by atoms with Gasteiger partial charge < -0.3 is 4.90 Å². The fourth-order valence-electron chi connectivity index (χ4n) is 2.29. The van der Waals surface area contributed by atoms with Crippen molar-refractivity contribution >= 4 is 5.91 Å². The summed E-state index contributed by atoms with van der Waals surface area (Å²) >= 11 is 0. The molecule has 1 saturated heterocycles. The largest absolute Gasteiger partial charge is 0.336 e. The van der Waals surface area contributed by atoms with E-state index in [1.165, 1.54) is 18.3 Å². The lowest BCUT2D eigenvalue weighted by molar-refractivity contribution is 0.0550. The van der Waals surface area contributed by atoms with Gasteiger partial charge in [0.2, 0.25) is 5.95 Å². The summed E-state index contributed by atoms with van der Waals surface area (Å²) in [7, 11) is 0. The van der Waals surface area contributed by atoms with Crippen LogP contribution in [0, 0.1) is 11.9 Å². The second-order valence-corrected chi connectivity index (χ2v) is 4.73. The molecule has 0 spiro atoms. The zero-order chi connectivity index (χ0) is 12.4. The van der Waals surface area contributed by atoms with E-state index in [1.54, 1.807) is 0 Å². The van der Waals surface area contributed by atoms with Crippen molar-refractivity contribution in [1.29, 1.82) is 0 Å². The van der Waals surface area contributed by atoms with Crippen molar-refractivity contribution < 1.29 is 9.18 Å². The molecule has 0 N–H and O–H groups in total. The Balaban J connectivity index is 2.16. The highest BCUT2D eigenvalue weighted by Crippen LogP contribution is 2.24. The van der Waals surface area contributed by atoms with Gasteiger partial charge in [0, 0.05) is 18.8 Å². The Hall–Kier alpha value is -1.45. The highest BCUT2D eigenvalue weighted by Gasteiger charge is 2.28. The minimum atomic E-state index is -0.554. The molecule has 0 aliphatic carbocycles. The Labute approximate surface area is 101 Å². The van der Waals surface area contributed by atoms with E-state index in [0.717, 1.165) is 19.4 Å². The number of nitrogens with zero attached hydrogens (tertiary/aromatic N) is 2. The van der Waals surface area contributed by atoms with Gasteiger partial charge in [-0.25, -0.2) is 4.98 Å². The van der Waals surface area contributed by atoms with Gasteiger partial charge in [0.15, 0.2) is 0 Å². The predicted octanol–water partition coefficient (Wildman–Crippen LogP) is 2.48. The predicted molar refractivity (Wildman–Crippen MR) is 63.1 cm³/mol. The lowest BCUT2D eigenvalue weighted by Crippen LogP contribution is -2.46. The number of likely N-dealkylation sites (tertiary alicyclic amines) is 1. The fourth-order valence-corrected chi connectivity index (χ4v) is 2.29. The van der Waals surface area contributed by atoms with Crippen LogP contribution in [0.1, 0.15) is 37.0 Å². The Morgan fingerprint density at radius 3 is 2.88 bits per heavy atom. The molecule has 4 heteroatoms. The van der Waals surface area contributed by atoms with Crippen molar-refractivity contribution in [3.63, 3.8) is 0 Å². The molecule has 0 bridgehead atoms. The molecule has 1 aliphatic heterocycles. The SMILES string of the molecule is CC1CCCN(C(=O)c2ccc(F)nc2)C1C. The summed E-state index contributed by atoms with van der Waals surface area (Å²) in [5.74, 6) is -0.0840. The second kappa shape index (κ2) is 4.82. The molecule has 0 saturated carbocycles. The third kappa shape index (κ3) is 2.46. The quantitative estimate of drug-likeness (QED) is 0.702. The van der Waals surface area contributed by atoms with E-state index in [2.05, 4.69) is 18.8 Å². The topological polar surface area (TPSA) is 33.2 Å². The molecule has 3 nitrogen and oxygen atoms in total. The Bertz CT molecular complexity index is 404. The normalized spacial score (nSPS) is 24.8. The van der Waals surface area contributed by atoms with Gasteiger partial charge in [-0.1, -0.05) is 6.92 Å². The summed E-state index contributed by atoms with van der Waals surface area (Å²) in [4.78, 5) is 17.6. The van der Waals surface area contributed by atoms with E-state index in [-0.39, 0.29) is 11.9 Å². The molecule has 2 heterocycles. The third-order valence-corrected chi connectivity index (χ3v) is 3.61. The minimum Gasteiger partial charge on any atom is -0.336 e. The summed E-state index contributed by atoms with van der Waals surface area (Å²) < 4.78 is 12.7. The smallest absolute Gasteiger partial charge is 0.255 e. The van der Waals surface area contributed by atoms with Gasteiger partial charge in [-0.05, 0) is 37.8 Å². The van der Waals surface area contributed by atoms with E-state index >= 15 is 0 Å². The number of rotatable bonds is 1. The fraction of sp³-hybridized carbons (Fsp3) is 0.538. The average Bonchev–Trinajstić information content (AvgIpc) is 2.33. The van der Waals surface area contributed by atoms with Crippen LogP contribution in [0.4, 0.5) is 4.39 Å². The molecule has 0 aromatic carbocycles. The van der Waals surface area contributed by atoms with Gasteiger partial charge in [0.1, 0.15) is 0 Å². The number of amides is 1. The van der Waals surface area contributed by atoms with Crippen LogP contribution in [0.25, 0.3) is 0 Å². The summed E-state index contributed by atoms with van der Waals surface area (Å²) in [6.45, 7) is 5.01. The van der Waals surface area contributed by atoms with Crippen LogP contribution in [0.5, 0.6) is 0 Å². The van der Waals surface area contributed by atoms with E-state index in [0.29, 0.717) is 11.5 Å². The maximum absolute atomic E-state index is 12.7. The maximum atomic E-state index is 12.7. The van der Waals surface area contributed by atoms with E-state index in [9.17, 15) is 9.18 Å². The summed E-state index contributed by atoms with van der Waals surface area (Å²) in [6, 6.07) is 2.96. The van der Waals surface area contributed by atoms with E-state index < -0.39 is 5.95 Å². The molecule has 1 fully saturated rings. The highest BCUT2D eigenvalue weighted by atomic mass is 19.1. The monoisotopic (exact) mass is 236 g/mol. The Morgan fingerprint density at radius 2 is 2.24 bits per heavy atom. The van der Waals surface area contributed by atoms with Crippen molar-refractivity contribution in [2.24, 2.45) is 5.92 Å². The average molecular weight is 236 g/mol. The minimum absolute atomic E-state index is 0.0449. The van der Waals surface area contributed by atoms with Gasteiger partial charge in [0.25, 0.3) is 5.91 Å². The number of carbonyl (C=O) groups is 1. The highest BCUT2D eigenvalue weighted by molar-refractivity contribution is 5.94. The van der Waals surface area contributed by atoms with Gasteiger partial charge in [-0.15, -0.1) is 0 Å². The third-order valence-electron chi connectivity index (χ3n) is 3.61. The number of carbonyl (C=O) groups excluding carboxylic acids is 1. The van der Waals surface area contributed by atoms with E-state index in [1.807, 2.05) is 4.90 Å². The number of pyridine rings is 1. The van der Waals surface area contributed by atoms with Gasteiger partial charge >= 0.3 is 0 Å². The molecule has 17 heavy (non-hydrogen) atoms. The first kappa shape index (κ1) is 12.0. The van der Waals surface area contributed by atoms with Crippen molar-refractivity contribution in [3.05, 3.63) is 29.8 Å².